The highest BCUT2D eigenvalue weighted by molar-refractivity contribution is 7.21. The summed E-state index contributed by atoms with van der Waals surface area (Å²) < 4.78 is 0. The third-order valence-electron chi connectivity index (χ3n) is 7.00. The maximum Gasteiger partial charge on any atom is 0.331 e. The number of pyridine rings is 1. The molecule has 6 rings (SSSR count). The number of anilines is 3. The number of likely N-dealkylation sites (tertiary alicyclic amines) is 1. The molecule has 11 heteroatoms. The Bertz CT molecular complexity index is 1640. The molecule has 1 fully saturated rings. The Morgan fingerprint density at radius 2 is 2.08 bits per heavy atom. The van der Waals surface area contributed by atoms with Crippen molar-refractivity contribution in [3.05, 3.63) is 71.9 Å². The van der Waals surface area contributed by atoms with Gasteiger partial charge < -0.3 is 15.5 Å². The predicted molar refractivity (Wildman–Crippen MR) is 150 cm³/mol. The van der Waals surface area contributed by atoms with E-state index in [0.29, 0.717) is 39.9 Å². The van der Waals surface area contributed by atoms with E-state index in [1.54, 1.807) is 28.3 Å². The van der Waals surface area contributed by atoms with Gasteiger partial charge in [-0.25, -0.2) is 9.78 Å². The molecule has 5 heterocycles. The van der Waals surface area contributed by atoms with Gasteiger partial charge in [0.25, 0.3) is 5.91 Å². The number of amides is 4. The zero-order valence-corrected chi connectivity index (χ0v) is 22.0. The summed E-state index contributed by atoms with van der Waals surface area (Å²) in [6, 6.07) is 10.7. The van der Waals surface area contributed by atoms with E-state index in [1.807, 2.05) is 37.3 Å². The maximum atomic E-state index is 13.5. The summed E-state index contributed by atoms with van der Waals surface area (Å²) in [7, 11) is 0. The Morgan fingerprint density at radius 3 is 2.85 bits per heavy atom. The first-order valence-corrected chi connectivity index (χ1v) is 13.4. The molecule has 0 unspecified atom stereocenters. The number of nitrogens with zero attached hydrogens (tertiary/aromatic N) is 5. The zero-order chi connectivity index (χ0) is 27.1. The fourth-order valence-corrected chi connectivity index (χ4v) is 6.20. The lowest BCUT2D eigenvalue weighted by Crippen LogP contribution is -2.49. The molecule has 196 valence electrons. The van der Waals surface area contributed by atoms with Crippen molar-refractivity contribution in [2.75, 3.05) is 23.3 Å². The number of hydrogen-bond acceptors (Lipinski definition) is 7. The number of nitrogens with one attached hydrogen (secondary N) is 2. The molecule has 39 heavy (non-hydrogen) atoms. The lowest BCUT2D eigenvalue weighted by atomic mass is 10.0. The van der Waals surface area contributed by atoms with Crippen LogP contribution in [0.1, 0.15) is 28.1 Å². The fourth-order valence-electron chi connectivity index (χ4n) is 5.18. The van der Waals surface area contributed by atoms with Crippen LogP contribution in [-0.4, -0.2) is 57.1 Å². The van der Waals surface area contributed by atoms with Crippen LogP contribution in [0.5, 0.6) is 0 Å². The first kappa shape index (κ1) is 24.7. The summed E-state index contributed by atoms with van der Waals surface area (Å²) in [4.78, 5) is 47.8. The number of urea groups is 1. The van der Waals surface area contributed by atoms with Gasteiger partial charge in [0.2, 0.25) is 5.91 Å². The van der Waals surface area contributed by atoms with E-state index >= 15 is 0 Å². The van der Waals surface area contributed by atoms with Crippen LogP contribution in [0.25, 0.3) is 21.5 Å². The van der Waals surface area contributed by atoms with Crippen LogP contribution in [0.3, 0.4) is 0 Å². The van der Waals surface area contributed by atoms with E-state index in [9.17, 15) is 14.4 Å². The van der Waals surface area contributed by atoms with E-state index in [0.717, 1.165) is 35.0 Å². The second kappa shape index (κ2) is 9.91. The van der Waals surface area contributed by atoms with Crippen LogP contribution < -0.4 is 15.5 Å². The summed E-state index contributed by atoms with van der Waals surface area (Å²) in [5.41, 5.74) is 4.35. The molecule has 1 atom stereocenters. The van der Waals surface area contributed by atoms with Gasteiger partial charge in [-0.1, -0.05) is 12.6 Å². The topological polar surface area (TPSA) is 120 Å². The molecule has 3 aromatic heterocycles. The van der Waals surface area contributed by atoms with Gasteiger partial charge in [-0.3, -0.25) is 14.5 Å². The molecule has 1 saturated heterocycles. The SMILES string of the molecule is C=CC(=O)N1CCC[C@@H](NC(=O)c2sc3nccc4c3c2NC(=O)N4c2ccc(-c3cccnn3)cc2C)C1. The normalized spacial score (nSPS) is 16.6. The van der Waals surface area contributed by atoms with Crippen LogP contribution in [0.2, 0.25) is 0 Å². The van der Waals surface area contributed by atoms with Gasteiger partial charge in [-0.05, 0) is 61.7 Å². The van der Waals surface area contributed by atoms with Crippen LogP contribution >= 0.6 is 11.3 Å². The Morgan fingerprint density at radius 1 is 1.21 bits per heavy atom. The van der Waals surface area contributed by atoms with Gasteiger partial charge >= 0.3 is 6.03 Å². The van der Waals surface area contributed by atoms with Gasteiger partial charge in [0.15, 0.2) is 0 Å². The molecule has 0 spiro atoms. The van der Waals surface area contributed by atoms with Gasteiger partial charge in [0, 0.05) is 37.1 Å². The third kappa shape index (κ3) is 4.40. The number of benzene rings is 1. The summed E-state index contributed by atoms with van der Waals surface area (Å²) in [6.07, 6.45) is 6.11. The molecule has 2 aliphatic rings. The molecule has 2 N–H and O–H groups in total. The fraction of sp³-hybridized carbons (Fsp3) is 0.214. The number of aromatic nitrogens is 3. The summed E-state index contributed by atoms with van der Waals surface area (Å²) >= 11 is 1.24. The largest absolute Gasteiger partial charge is 0.347 e. The van der Waals surface area contributed by atoms with E-state index in [2.05, 4.69) is 32.4 Å². The van der Waals surface area contributed by atoms with Crippen molar-refractivity contribution in [2.24, 2.45) is 0 Å². The average molecular weight is 540 g/mol. The second-order valence-corrected chi connectivity index (χ2v) is 10.5. The van der Waals surface area contributed by atoms with Crippen LogP contribution in [-0.2, 0) is 4.79 Å². The smallest absolute Gasteiger partial charge is 0.331 e. The standard InChI is InChI=1S/C28H25N7O3S/c1-3-22(36)34-13-5-6-18(15-34)31-26(37)25-24-23-21(10-12-29-27(23)39-25)35(28(38)32-24)20-9-8-17(14-16(20)2)19-7-4-11-30-33-19/h3-4,7-12,14,18H,1,5-6,13,15H2,2H3,(H,31,37)(H,32,38)/t18-/m1/s1. The van der Waals surface area contributed by atoms with Crippen LogP contribution in [0, 0.1) is 6.92 Å². The first-order chi connectivity index (χ1) is 18.9. The monoisotopic (exact) mass is 539 g/mol. The minimum atomic E-state index is -0.363. The molecule has 0 radical (unpaired) electrons. The van der Waals surface area contributed by atoms with Crippen molar-refractivity contribution in [3.8, 4) is 11.3 Å². The Balaban J connectivity index is 1.33. The van der Waals surface area contributed by atoms with Crippen molar-refractivity contribution in [2.45, 2.75) is 25.8 Å². The van der Waals surface area contributed by atoms with E-state index in [-0.39, 0.29) is 23.9 Å². The number of carbonyl (C=O) groups is 3. The van der Waals surface area contributed by atoms with Crippen molar-refractivity contribution in [1.29, 1.82) is 0 Å². The first-order valence-electron chi connectivity index (χ1n) is 12.6. The minimum absolute atomic E-state index is 0.146. The predicted octanol–water partition coefficient (Wildman–Crippen LogP) is 4.65. The van der Waals surface area contributed by atoms with E-state index in [4.69, 9.17) is 0 Å². The molecular weight excluding hydrogens is 514 g/mol. The number of thiophene rings is 1. The zero-order valence-electron chi connectivity index (χ0n) is 21.2. The highest BCUT2D eigenvalue weighted by Gasteiger charge is 2.34. The highest BCUT2D eigenvalue weighted by Crippen LogP contribution is 2.46. The molecule has 2 aliphatic heterocycles. The average Bonchev–Trinajstić information content (AvgIpc) is 3.33. The van der Waals surface area contributed by atoms with Crippen molar-refractivity contribution < 1.29 is 14.4 Å². The number of hydrogen-bond donors (Lipinski definition) is 2. The van der Waals surface area contributed by atoms with Crippen LogP contribution in [0.15, 0.2) is 61.4 Å². The van der Waals surface area contributed by atoms with Crippen LogP contribution in [0.4, 0.5) is 21.9 Å². The lowest BCUT2D eigenvalue weighted by molar-refractivity contribution is -0.127. The third-order valence-corrected chi connectivity index (χ3v) is 8.10. The number of piperidine rings is 1. The van der Waals surface area contributed by atoms with Crippen molar-refractivity contribution in [1.82, 2.24) is 25.4 Å². The van der Waals surface area contributed by atoms with Gasteiger partial charge in [0.05, 0.1) is 28.1 Å². The van der Waals surface area contributed by atoms with E-state index < -0.39 is 0 Å². The number of carbonyl (C=O) groups excluding carboxylic acids is 3. The molecule has 4 aromatic rings. The van der Waals surface area contributed by atoms with Crippen molar-refractivity contribution in [3.63, 3.8) is 0 Å². The second-order valence-electron chi connectivity index (χ2n) is 9.49. The summed E-state index contributed by atoms with van der Waals surface area (Å²) in [5, 5.41) is 14.8. The quantitative estimate of drug-likeness (QED) is 0.356. The molecule has 0 aliphatic carbocycles. The van der Waals surface area contributed by atoms with E-state index in [1.165, 1.54) is 17.4 Å². The lowest BCUT2D eigenvalue weighted by Gasteiger charge is -2.32. The van der Waals surface area contributed by atoms with Gasteiger partial charge in [-0.2, -0.15) is 10.2 Å². The Kier molecular flexibility index (Phi) is 6.27. The number of rotatable bonds is 5. The number of aryl methyl sites for hydroxylation is 1. The minimum Gasteiger partial charge on any atom is -0.347 e. The molecule has 10 nitrogen and oxygen atoms in total. The molecule has 1 aromatic carbocycles. The molecular formula is C28H25N7O3S. The molecule has 0 saturated carbocycles. The van der Waals surface area contributed by atoms with Gasteiger partial charge in [-0.15, -0.1) is 11.3 Å². The van der Waals surface area contributed by atoms with Gasteiger partial charge in [0.1, 0.15) is 9.71 Å². The summed E-state index contributed by atoms with van der Waals surface area (Å²) in [6.45, 7) is 6.56. The Hall–Kier alpha value is -4.64. The maximum absolute atomic E-state index is 13.5. The van der Waals surface area contributed by atoms with Crippen molar-refractivity contribution >= 4 is 56.5 Å². The molecule has 4 amide bonds. The Labute approximate surface area is 228 Å². The summed E-state index contributed by atoms with van der Waals surface area (Å²) in [5.74, 6) is -0.442. The molecule has 0 bridgehead atoms. The highest BCUT2D eigenvalue weighted by atomic mass is 32.1.